The van der Waals surface area contributed by atoms with Gasteiger partial charge >= 0.3 is 6.09 Å². The van der Waals surface area contributed by atoms with E-state index in [9.17, 15) is 9.59 Å². The average molecular weight is 282 g/mol. The SMILES string of the molecule is COC(=O)N[C@H](C(=O)N1[C@H](C(C)C)C[C@@H]2C[C@@H]21)C(C)C. The van der Waals surface area contributed by atoms with Gasteiger partial charge in [-0.25, -0.2) is 4.79 Å². The molecule has 20 heavy (non-hydrogen) atoms. The first-order valence-electron chi connectivity index (χ1n) is 7.53. The molecular weight excluding hydrogens is 256 g/mol. The maximum atomic E-state index is 12.8. The smallest absolute Gasteiger partial charge is 0.407 e. The molecule has 1 heterocycles. The molecule has 1 aliphatic carbocycles. The third-order valence-electron chi connectivity index (χ3n) is 4.56. The first-order valence-corrected chi connectivity index (χ1v) is 7.53. The molecule has 0 aromatic rings. The molecule has 5 heteroatoms. The Morgan fingerprint density at radius 1 is 1.20 bits per heavy atom. The Labute approximate surface area is 121 Å². The molecule has 2 amide bonds. The van der Waals surface area contributed by atoms with Crippen molar-refractivity contribution in [3.63, 3.8) is 0 Å². The maximum Gasteiger partial charge on any atom is 0.407 e. The van der Waals surface area contributed by atoms with E-state index >= 15 is 0 Å². The van der Waals surface area contributed by atoms with E-state index in [1.165, 1.54) is 7.11 Å². The van der Waals surface area contributed by atoms with Gasteiger partial charge in [0.25, 0.3) is 0 Å². The second-order valence-corrected chi connectivity index (χ2v) is 6.71. The molecule has 0 unspecified atom stereocenters. The number of ether oxygens (including phenoxy) is 1. The minimum absolute atomic E-state index is 0.0483. The number of carbonyl (C=O) groups excluding carboxylic acids is 2. The fourth-order valence-corrected chi connectivity index (χ4v) is 3.28. The fraction of sp³-hybridized carbons (Fsp3) is 0.867. The summed E-state index contributed by atoms with van der Waals surface area (Å²) in [5.41, 5.74) is 0. The number of piperidine rings is 1. The van der Waals surface area contributed by atoms with E-state index in [-0.39, 0.29) is 11.8 Å². The zero-order chi connectivity index (χ0) is 15.0. The van der Waals surface area contributed by atoms with Gasteiger partial charge in [-0.15, -0.1) is 0 Å². The normalized spacial score (nSPS) is 29.4. The third kappa shape index (κ3) is 2.76. The fourth-order valence-electron chi connectivity index (χ4n) is 3.28. The number of carbonyl (C=O) groups is 2. The van der Waals surface area contributed by atoms with Crippen molar-refractivity contribution in [2.45, 2.75) is 58.7 Å². The molecule has 0 aromatic heterocycles. The lowest BCUT2D eigenvalue weighted by atomic mass is 9.97. The van der Waals surface area contributed by atoms with Gasteiger partial charge in [0.05, 0.1) is 7.11 Å². The molecule has 1 aliphatic heterocycles. The van der Waals surface area contributed by atoms with E-state index in [1.54, 1.807) is 0 Å². The van der Waals surface area contributed by atoms with Crippen molar-refractivity contribution in [3.8, 4) is 0 Å². The zero-order valence-electron chi connectivity index (χ0n) is 13.1. The lowest BCUT2D eigenvalue weighted by Crippen LogP contribution is -2.54. The summed E-state index contributed by atoms with van der Waals surface area (Å²) in [7, 11) is 1.32. The summed E-state index contributed by atoms with van der Waals surface area (Å²) >= 11 is 0. The molecule has 0 bridgehead atoms. The molecule has 5 nitrogen and oxygen atoms in total. The van der Waals surface area contributed by atoms with Crippen LogP contribution in [-0.4, -0.2) is 42.1 Å². The van der Waals surface area contributed by atoms with Crippen LogP contribution in [0.5, 0.6) is 0 Å². The second kappa shape index (κ2) is 5.62. The number of hydrogen-bond donors (Lipinski definition) is 1. The minimum Gasteiger partial charge on any atom is -0.453 e. The Morgan fingerprint density at radius 2 is 1.85 bits per heavy atom. The molecule has 2 rings (SSSR count). The van der Waals surface area contributed by atoms with Crippen molar-refractivity contribution >= 4 is 12.0 Å². The van der Waals surface area contributed by atoms with Gasteiger partial charge in [0.15, 0.2) is 0 Å². The van der Waals surface area contributed by atoms with E-state index in [0.29, 0.717) is 23.9 Å². The van der Waals surface area contributed by atoms with Crippen LogP contribution in [0.4, 0.5) is 4.79 Å². The summed E-state index contributed by atoms with van der Waals surface area (Å²) in [4.78, 5) is 26.3. The topological polar surface area (TPSA) is 58.6 Å². The number of nitrogens with zero attached hydrogens (tertiary/aromatic N) is 1. The largest absolute Gasteiger partial charge is 0.453 e. The van der Waals surface area contributed by atoms with Crippen LogP contribution < -0.4 is 5.32 Å². The first kappa shape index (κ1) is 15.1. The van der Waals surface area contributed by atoms with Gasteiger partial charge in [-0.1, -0.05) is 27.7 Å². The number of hydrogen-bond acceptors (Lipinski definition) is 3. The van der Waals surface area contributed by atoms with Gasteiger partial charge < -0.3 is 15.0 Å². The van der Waals surface area contributed by atoms with Gasteiger partial charge in [0, 0.05) is 12.1 Å². The summed E-state index contributed by atoms with van der Waals surface area (Å²) in [6.07, 6.45) is 1.69. The molecule has 114 valence electrons. The number of rotatable bonds is 4. The lowest BCUT2D eigenvalue weighted by Gasteiger charge is -2.34. The van der Waals surface area contributed by atoms with Crippen LogP contribution in [0, 0.1) is 17.8 Å². The highest BCUT2D eigenvalue weighted by Crippen LogP contribution is 2.49. The molecule has 1 saturated carbocycles. The highest BCUT2D eigenvalue weighted by Gasteiger charge is 2.55. The molecule has 2 aliphatic rings. The van der Waals surface area contributed by atoms with Gasteiger partial charge in [0.2, 0.25) is 5.91 Å². The molecule has 0 radical (unpaired) electrons. The summed E-state index contributed by atoms with van der Waals surface area (Å²) in [5.74, 6) is 1.23. The van der Waals surface area contributed by atoms with Crippen molar-refractivity contribution in [1.82, 2.24) is 10.2 Å². The monoisotopic (exact) mass is 282 g/mol. The molecule has 0 spiro atoms. The predicted molar refractivity (Wildman–Crippen MR) is 76.2 cm³/mol. The van der Waals surface area contributed by atoms with E-state index in [4.69, 9.17) is 0 Å². The number of methoxy groups -OCH3 is 1. The highest BCUT2D eigenvalue weighted by atomic mass is 16.5. The number of amides is 2. The predicted octanol–water partition coefficient (Wildman–Crippen LogP) is 2.01. The van der Waals surface area contributed by atoms with Crippen molar-refractivity contribution in [2.24, 2.45) is 17.8 Å². The lowest BCUT2D eigenvalue weighted by molar-refractivity contribution is -0.137. The average Bonchev–Trinajstić information content (AvgIpc) is 3.05. The minimum atomic E-state index is -0.537. The van der Waals surface area contributed by atoms with Crippen LogP contribution in [-0.2, 0) is 9.53 Å². The van der Waals surface area contributed by atoms with Crippen LogP contribution in [0.15, 0.2) is 0 Å². The molecular formula is C15H26N2O3. The van der Waals surface area contributed by atoms with Crippen molar-refractivity contribution in [2.75, 3.05) is 7.11 Å². The Morgan fingerprint density at radius 3 is 2.35 bits per heavy atom. The molecule has 2 fully saturated rings. The Balaban J connectivity index is 2.12. The first-order chi connectivity index (χ1) is 9.36. The Hall–Kier alpha value is -1.26. The van der Waals surface area contributed by atoms with Gasteiger partial charge in [0.1, 0.15) is 6.04 Å². The number of nitrogens with one attached hydrogen (secondary N) is 1. The van der Waals surface area contributed by atoms with Crippen LogP contribution in [0.1, 0.15) is 40.5 Å². The van der Waals surface area contributed by atoms with Gasteiger partial charge in [-0.3, -0.25) is 4.79 Å². The third-order valence-corrected chi connectivity index (χ3v) is 4.56. The van der Waals surface area contributed by atoms with Gasteiger partial charge in [-0.05, 0) is 30.6 Å². The van der Waals surface area contributed by atoms with Gasteiger partial charge in [-0.2, -0.15) is 0 Å². The number of likely N-dealkylation sites (tertiary alicyclic amines) is 1. The second-order valence-electron chi connectivity index (χ2n) is 6.71. The van der Waals surface area contributed by atoms with E-state index in [1.807, 2.05) is 18.7 Å². The Bertz CT molecular complexity index is 395. The summed E-state index contributed by atoms with van der Waals surface area (Å²) in [5, 5.41) is 2.69. The maximum absolute atomic E-state index is 12.8. The zero-order valence-corrected chi connectivity index (χ0v) is 13.1. The highest BCUT2D eigenvalue weighted by molar-refractivity contribution is 5.87. The van der Waals surface area contributed by atoms with Crippen LogP contribution >= 0.6 is 0 Å². The summed E-state index contributed by atoms with van der Waals surface area (Å²) < 4.78 is 4.63. The van der Waals surface area contributed by atoms with Crippen LogP contribution in [0.2, 0.25) is 0 Å². The number of alkyl carbamates (subject to hydrolysis) is 1. The molecule has 1 saturated heterocycles. The molecule has 0 aromatic carbocycles. The van der Waals surface area contributed by atoms with Crippen LogP contribution in [0.3, 0.4) is 0 Å². The molecule has 4 atom stereocenters. The quantitative estimate of drug-likeness (QED) is 0.858. The standard InChI is InChI=1S/C15H26N2O3/c1-8(2)11-6-10-7-12(10)17(11)14(18)13(9(3)4)16-15(19)20-5/h8-13H,6-7H2,1-5H3,(H,16,19)/t10-,11+,12+,13+/m1/s1. The summed E-state index contributed by atoms with van der Waals surface area (Å²) in [6.45, 7) is 8.22. The van der Waals surface area contributed by atoms with E-state index in [2.05, 4.69) is 23.9 Å². The molecule has 1 N–H and O–H groups in total. The van der Waals surface area contributed by atoms with Crippen molar-refractivity contribution < 1.29 is 14.3 Å². The van der Waals surface area contributed by atoms with Crippen molar-refractivity contribution in [3.05, 3.63) is 0 Å². The summed E-state index contributed by atoms with van der Waals surface area (Å²) in [6, 6.07) is 0.214. The Kier molecular flexibility index (Phi) is 4.25. The van der Waals surface area contributed by atoms with Crippen LogP contribution in [0.25, 0.3) is 0 Å². The van der Waals surface area contributed by atoms with E-state index in [0.717, 1.165) is 12.8 Å². The van der Waals surface area contributed by atoms with Crippen molar-refractivity contribution in [1.29, 1.82) is 0 Å². The number of fused-ring (bicyclic) bond motifs is 1. The van der Waals surface area contributed by atoms with E-state index < -0.39 is 12.1 Å².